The Hall–Kier alpha value is -2.55. The number of nitrogens with zero attached hydrogens (tertiary/aromatic N) is 1. The predicted molar refractivity (Wildman–Crippen MR) is 102 cm³/mol. The molecule has 2 aliphatic rings. The lowest BCUT2D eigenvalue weighted by atomic mass is 10.1. The Morgan fingerprint density at radius 1 is 1.29 bits per heavy atom. The number of carbonyl (C=O) groups is 3. The summed E-state index contributed by atoms with van der Waals surface area (Å²) in [5, 5.41) is 3.11. The lowest BCUT2D eigenvalue weighted by Crippen LogP contribution is -2.46. The Labute approximate surface area is 163 Å². The second-order valence-electron chi connectivity index (χ2n) is 6.82. The molecule has 0 spiro atoms. The zero-order chi connectivity index (χ0) is 19.9. The van der Waals surface area contributed by atoms with Crippen LogP contribution in [-0.4, -0.2) is 67.7 Å². The number of amides is 1. The minimum absolute atomic E-state index is 0.139. The van der Waals surface area contributed by atoms with E-state index in [0.717, 1.165) is 18.4 Å². The molecule has 3 rings (SSSR count). The van der Waals surface area contributed by atoms with Gasteiger partial charge in [-0.2, -0.15) is 0 Å². The van der Waals surface area contributed by atoms with Crippen molar-refractivity contribution in [3.8, 4) is 0 Å². The highest BCUT2D eigenvalue weighted by Crippen LogP contribution is 2.19. The molecular formula is C20H25N3O5. The number of allylic oxidation sites excluding steroid dienone is 1. The number of benzene rings is 1. The van der Waals surface area contributed by atoms with Gasteiger partial charge in [0.2, 0.25) is 11.7 Å². The van der Waals surface area contributed by atoms with Gasteiger partial charge in [0.15, 0.2) is 12.1 Å². The average Bonchev–Trinajstić information content (AvgIpc) is 2.98. The highest BCUT2D eigenvalue weighted by Gasteiger charge is 2.45. The van der Waals surface area contributed by atoms with Gasteiger partial charge < -0.3 is 15.2 Å². The van der Waals surface area contributed by atoms with Crippen molar-refractivity contribution in [3.63, 3.8) is 0 Å². The first-order valence-corrected chi connectivity index (χ1v) is 9.39. The zero-order valence-electron chi connectivity index (χ0n) is 15.6. The summed E-state index contributed by atoms with van der Waals surface area (Å²) in [5.74, 6) is -1.81. The van der Waals surface area contributed by atoms with Crippen molar-refractivity contribution in [1.29, 1.82) is 0 Å². The molecule has 0 aliphatic carbocycles. The van der Waals surface area contributed by atoms with E-state index >= 15 is 0 Å². The van der Waals surface area contributed by atoms with Crippen LogP contribution < -0.4 is 11.1 Å². The molecular weight excluding hydrogens is 362 g/mol. The first-order valence-electron chi connectivity index (χ1n) is 9.39. The molecule has 8 nitrogen and oxygen atoms in total. The van der Waals surface area contributed by atoms with Crippen molar-refractivity contribution in [1.82, 2.24) is 10.2 Å². The number of hydrogen-bond donors (Lipinski definition) is 2. The molecule has 3 N–H and O–H groups in total. The van der Waals surface area contributed by atoms with Gasteiger partial charge in [0.1, 0.15) is 0 Å². The third-order valence-corrected chi connectivity index (χ3v) is 4.74. The predicted octanol–water partition coefficient (Wildman–Crippen LogP) is 0.321. The number of fused-ring (bicyclic) bond motifs is 4. The first kappa shape index (κ1) is 20.2. The normalized spacial score (nSPS) is 28.1. The molecule has 1 aromatic carbocycles. The molecule has 4 bridgehead atoms. The number of hydrogen-bond acceptors (Lipinski definition) is 7. The summed E-state index contributed by atoms with van der Waals surface area (Å²) in [4.78, 5) is 38.5. The van der Waals surface area contributed by atoms with Gasteiger partial charge in [-0.1, -0.05) is 24.3 Å². The summed E-state index contributed by atoms with van der Waals surface area (Å²) >= 11 is 0. The van der Waals surface area contributed by atoms with Gasteiger partial charge in [-0.25, -0.2) is 4.79 Å². The van der Waals surface area contributed by atoms with Crippen molar-refractivity contribution in [2.45, 2.75) is 25.0 Å². The van der Waals surface area contributed by atoms with E-state index in [-0.39, 0.29) is 6.54 Å². The lowest BCUT2D eigenvalue weighted by molar-refractivity contribution is -0.133. The summed E-state index contributed by atoms with van der Waals surface area (Å²) in [6.45, 7) is 2.07. The minimum atomic E-state index is -1.09. The van der Waals surface area contributed by atoms with Crippen LogP contribution in [0.5, 0.6) is 0 Å². The Morgan fingerprint density at radius 2 is 2.14 bits per heavy atom. The van der Waals surface area contributed by atoms with E-state index < -0.39 is 29.8 Å². The molecule has 1 fully saturated rings. The molecule has 1 saturated heterocycles. The van der Waals surface area contributed by atoms with Gasteiger partial charge in [-0.15, -0.1) is 0 Å². The van der Waals surface area contributed by atoms with Gasteiger partial charge in [0.25, 0.3) is 0 Å². The van der Waals surface area contributed by atoms with Crippen molar-refractivity contribution in [2.75, 3.05) is 33.0 Å². The fraction of sp³-hybridized carbons (Fsp3) is 0.450. The summed E-state index contributed by atoms with van der Waals surface area (Å²) in [5.41, 5.74) is 6.63. The Morgan fingerprint density at radius 3 is 2.96 bits per heavy atom. The van der Waals surface area contributed by atoms with E-state index in [1.807, 2.05) is 18.2 Å². The van der Waals surface area contributed by atoms with Gasteiger partial charge in [0.05, 0.1) is 12.3 Å². The summed E-state index contributed by atoms with van der Waals surface area (Å²) in [6.07, 6.45) is 4.69. The number of nitrogens with one attached hydrogen (secondary N) is 1. The zero-order valence-corrected chi connectivity index (χ0v) is 15.6. The van der Waals surface area contributed by atoms with Crippen molar-refractivity contribution in [2.24, 2.45) is 5.73 Å². The van der Waals surface area contributed by atoms with Gasteiger partial charge in [-0.05, 0) is 30.5 Å². The Balaban J connectivity index is 1.79. The second-order valence-corrected chi connectivity index (χ2v) is 6.82. The van der Waals surface area contributed by atoms with Crippen LogP contribution in [0, 0.1) is 0 Å². The van der Waals surface area contributed by atoms with Gasteiger partial charge in [0, 0.05) is 26.2 Å². The molecule has 1 amide bonds. The average molecular weight is 387 g/mol. The van der Waals surface area contributed by atoms with Crippen LogP contribution in [0.2, 0.25) is 0 Å². The highest BCUT2D eigenvalue weighted by atomic mass is 16.5. The van der Waals surface area contributed by atoms with Crippen molar-refractivity contribution < 1.29 is 23.9 Å². The van der Waals surface area contributed by atoms with Crippen LogP contribution in [-0.2, 0) is 19.1 Å². The maximum atomic E-state index is 12.6. The molecule has 1 aromatic rings. The number of carbonyl (C=O) groups excluding carboxylic acids is 3. The van der Waals surface area contributed by atoms with Crippen LogP contribution in [0.1, 0.15) is 28.8 Å². The molecule has 28 heavy (non-hydrogen) atoms. The number of primary amides is 1. The van der Waals surface area contributed by atoms with Crippen LogP contribution in [0.25, 0.3) is 6.08 Å². The third kappa shape index (κ3) is 5.03. The SMILES string of the molecule is NC(=O)C1C(=O)C2CN1CCNCOCCC/C=C\c1cccc(c1)C(=O)O2. The fourth-order valence-corrected chi connectivity index (χ4v) is 3.33. The van der Waals surface area contributed by atoms with Gasteiger partial charge in [-0.3, -0.25) is 19.8 Å². The third-order valence-electron chi connectivity index (χ3n) is 4.74. The molecule has 2 aliphatic heterocycles. The summed E-state index contributed by atoms with van der Waals surface area (Å²) in [7, 11) is 0. The topological polar surface area (TPSA) is 111 Å². The lowest BCUT2D eigenvalue weighted by Gasteiger charge is -2.20. The standard InChI is InChI=1S/C20H25N3O5/c21-19(25)17-18(24)16-12-23(17)9-8-22-13-27-10-3-1-2-5-14-6-4-7-15(11-14)20(26)28-16/h2,4-7,11,16-17,22H,1,3,8-10,12-13H2,(H2,21,25)/b5-2-. The Bertz CT molecular complexity index is 764. The van der Waals surface area contributed by atoms with E-state index in [2.05, 4.69) is 5.32 Å². The molecule has 3 atom stereocenters. The number of nitrogens with two attached hydrogens (primary N) is 1. The molecule has 2 heterocycles. The van der Waals surface area contributed by atoms with E-state index in [4.69, 9.17) is 15.2 Å². The molecule has 150 valence electrons. The van der Waals surface area contributed by atoms with Gasteiger partial charge >= 0.3 is 5.97 Å². The van der Waals surface area contributed by atoms with E-state index in [9.17, 15) is 14.4 Å². The maximum Gasteiger partial charge on any atom is 0.338 e. The number of Topliss-reactive ketones (excluding diaryl/α,β-unsaturated/α-hetero) is 1. The van der Waals surface area contributed by atoms with E-state index in [1.165, 1.54) is 0 Å². The van der Waals surface area contributed by atoms with Crippen molar-refractivity contribution >= 4 is 23.7 Å². The fourth-order valence-electron chi connectivity index (χ4n) is 3.33. The second kappa shape index (κ2) is 9.59. The monoisotopic (exact) mass is 387 g/mol. The van der Waals surface area contributed by atoms with E-state index in [1.54, 1.807) is 23.1 Å². The smallest absolute Gasteiger partial charge is 0.338 e. The number of esters is 1. The Kier molecular flexibility index (Phi) is 6.91. The summed E-state index contributed by atoms with van der Waals surface area (Å²) < 4.78 is 10.9. The van der Waals surface area contributed by atoms with Crippen LogP contribution in [0.4, 0.5) is 0 Å². The summed E-state index contributed by atoms with van der Waals surface area (Å²) in [6, 6.07) is 5.91. The number of ether oxygens (including phenoxy) is 2. The molecule has 0 aromatic heterocycles. The quantitative estimate of drug-likeness (QED) is 0.527. The van der Waals surface area contributed by atoms with Crippen LogP contribution in [0.3, 0.4) is 0 Å². The van der Waals surface area contributed by atoms with Crippen LogP contribution in [0.15, 0.2) is 30.3 Å². The number of ketones is 1. The molecule has 0 radical (unpaired) electrons. The van der Waals surface area contributed by atoms with E-state index in [0.29, 0.717) is 32.0 Å². The first-order chi connectivity index (χ1) is 13.6. The van der Waals surface area contributed by atoms with Crippen LogP contribution >= 0.6 is 0 Å². The highest BCUT2D eigenvalue weighted by molar-refractivity contribution is 6.09. The number of rotatable bonds is 1. The maximum absolute atomic E-state index is 12.6. The largest absolute Gasteiger partial charge is 0.449 e. The van der Waals surface area contributed by atoms with Crippen molar-refractivity contribution in [3.05, 3.63) is 41.5 Å². The minimum Gasteiger partial charge on any atom is -0.449 e. The molecule has 0 saturated carbocycles. The molecule has 3 unspecified atom stereocenters. The molecule has 8 heteroatoms.